The van der Waals surface area contributed by atoms with Crippen molar-refractivity contribution in [3.63, 3.8) is 0 Å². The fraction of sp³-hybridized carbons (Fsp3) is 0.0439. The lowest BCUT2D eigenvalue weighted by atomic mass is 9.97. The first-order valence-corrected chi connectivity index (χ1v) is 44.2. The molecule has 0 atom stereocenters. The van der Waals surface area contributed by atoms with Crippen LogP contribution in [0.25, 0.3) is 0 Å². The van der Waals surface area contributed by atoms with Crippen LogP contribution in [0.15, 0.2) is 388 Å². The van der Waals surface area contributed by atoms with Gasteiger partial charge in [0, 0.05) is 55.6 Å². The molecule has 0 bridgehead atoms. The third-order valence-corrected chi connectivity index (χ3v) is 24.1. The fourth-order valence-electron chi connectivity index (χ4n) is 17.4. The number of carbonyl (C=O) groups is 7. The molecule has 22 rings (SSSR count). The van der Waals surface area contributed by atoms with Gasteiger partial charge in [-0.2, -0.15) is 0 Å². The molecule has 0 spiro atoms. The fourth-order valence-corrected chi connectivity index (χ4v) is 17.4. The number of hydrogen-bond donors (Lipinski definition) is 6. The van der Waals surface area contributed by atoms with Crippen LogP contribution in [-0.4, -0.2) is 72.4 Å². The second kappa shape index (κ2) is 35.3. The molecule has 700 valence electrons. The minimum atomic E-state index is -1.93. The van der Waals surface area contributed by atoms with E-state index in [0.717, 1.165) is 54.6 Å². The van der Waals surface area contributed by atoms with Crippen LogP contribution in [0.1, 0.15) is 128 Å². The Labute approximate surface area is 809 Å². The lowest BCUT2D eigenvalue weighted by Gasteiger charge is -2.28. The van der Waals surface area contributed by atoms with Crippen LogP contribution < -0.4 is 75.8 Å². The Bertz CT molecular complexity index is 7740. The average molecular weight is 1900 g/mol. The van der Waals surface area contributed by atoms with E-state index < -0.39 is 167 Å². The van der Waals surface area contributed by atoms with Gasteiger partial charge in [-0.15, -0.1) is 0 Å². The third-order valence-electron chi connectivity index (χ3n) is 24.1. The van der Waals surface area contributed by atoms with Gasteiger partial charge in [0.1, 0.15) is 0 Å². The summed E-state index contributed by atoms with van der Waals surface area (Å²) in [6, 6.07) is 102. The van der Waals surface area contributed by atoms with Crippen LogP contribution >= 0.6 is 0 Å². The molecule has 6 N–H and O–H groups in total. The minimum Gasteiger partial charge on any atom is -0.504 e. The summed E-state index contributed by atoms with van der Waals surface area (Å²) in [6.45, 7) is 0. The molecule has 0 aliphatic carbocycles. The number of aromatic hydroxyl groups is 5. The van der Waals surface area contributed by atoms with Gasteiger partial charge in [-0.05, 0) is 84.9 Å². The van der Waals surface area contributed by atoms with Crippen molar-refractivity contribution in [2.24, 2.45) is 0 Å². The Balaban J connectivity index is 0.665. The van der Waals surface area contributed by atoms with Gasteiger partial charge in [-0.1, -0.05) is 303 Å². The van der Waals surface area contributed by atoms with Gasteiger partial charge in [-0.25, -0.2) is 33.6 Å². The van der Waals surface area contributed by atoms with Crippen LogP contribution in [0.5, 0.6) is 121 Å². The molecule has 0 amide bonds. The van der Waals surface area contributed by atoms with Crippen molar-refractivity contribution in [1.29, 1.82) is 0 Å². The van der Waals surface area contributed by atoms with E-state index in [1.54, 1.807) is 303 Å². The van der Waals surface area contributed by atoms with Gasteiger partial charge in [0.05, 0.1) is 38.9 Å². The quantitative estimate of drug-likeness (QED) is 0.0197. The standard InChI is InChI=1S/C114H70O29/c115-82-52-66(53-83(116)96(82)118)104(122)129-86-56-68(61-92-98(86)139-111(135-92,74-35-15-3-16-36-74)75-37-17-4-18-38-75)106(124)131-88-58-70(63-94-100(88)141-113(137-94,78-43-23-7-24-44-78)79-45-25-8-26-46-79)108(126)133-90-59-71(64-95-102(90)143-114(138-95,80-47-27-9-28-48-80)81-49-29-10-30-50-81)109(127)132-89-57-69(62-93-101(89)142-112(136-93,76-39-19-5-20-40-76)77-41-21-6-22-42-77)107(125)130-87-55-67(105(123)128-85-54-65(103(120)121)51-84(117)97(85)119)60-91-99(87)140-110(134-91,72-31-11-1-12-32-72)73-33-13-2-14-34-73/h1-64,115-119H,(H,120,121). The number of aromatic carboxylic acids is 1. The number of fused-ring (bicyclic) bond motifs is 5. The van der Waals surface area contributed by atoms with E-state index >= 15 is 19.2 Å². The predicted octanol–water partition coefficient (Wildman–Crippen LogP) is 20.6. The molecule has 17 aromatic rings. The Morgan fingerprint density at radius 1 is 0.182 bits per heavy atom. The summed E-state index contributed by atoms with van der Waals surface area (Å²) in [4.78, 5) is 105. The summed E-state index contributed by atoms with van der Waals surface area (Å²) in [5, 5.41) is 63.0. The molecule has 5 aliphatic rings. The molecule has 0 saturated carbocycles. The van der Waals surface area contributed by atoms with Crippen LogP contribution in [0, 0.1) is 0 Å². The smallest absolute Gasteiger partial charge is 0.343 e. The molecular formula is C114H70O29. The van der Waals surface area contributed by atoms with E-state index in [-0.39, 0.29) is 63.1 Å². The maximum absolute atomic E-state index is 16.2. The Hall–Kier alpha value is -20.0. The van der Waals surface area contributed by atoms with E-state index in [9.17, 15) is 45.0 Å². The SMILES string of the molecule is O=C(O)c1cc(O)c(O)c(OC(=O)c2cc(OC(=O)c3cc(OC(=O)c4cc(OC(=O)c5cc(OC(=O)c6cc(OC(=O)c7cc(O)c(O)c(O)c7)c7c(c6)OC(c6ccccc6)(c6ccccc6)O7)c6c(c5)OC(c5ccccc5)(c5ccccc5)O6)c5c(c4)OC(c4ccccc4)(c4ccccc4)O5)c4c(c3)OC(c3ccccc3)(c3ccccc3)O4)c3c(c2)OC(c2ccccc2)(c2ccccc2)O3)c1. The van der Waals surface area contributed by atoms with Crippen LogP contribution in [-0.2, 0) is 28.9 Å². The molecular weight excluding hydrogens is 1830 g/mol. The maximum Gasteiger partial charge on any atom is 0.343 e. The highest BCUT2D eigenvalue weighted by molar-refractivity contribution is 6.01. The first-order chi connectivity index (χ1) is 69.5. The summed E-state index contributed by atoms with van der Waals surface area (Å²) >= 11 is 0. The van der Waals surface area contributed by atoms with Gasteiger partial charge in [0.15, 0.2) is 86.2 Å². The number of carboxylic acids is 1. The largest absolute Gasteiger partial charge is 0.504 e. The van der Waals surface area contributed by atoms with Gasteiger partial charge < -0.3 is 106 Å². The van der Waals surface area contributed by atoms with Crippen molar-refractivity contribution in [3.8, 4) is 121 Å². The van der Waals surface area contributed by atoms with Crippen molar-refractivity contribution >= 4 is 41.8 Å². The van der Waals surface area contributed by atoms with E-state index in [2.05, 4.69) is 0 Å². The lowest BCUT2D eigenvalue weighted by molar-refractivity contribution is -0.0470. The number of rotatable bonds is 23. The molecule has 5 heterocycles. The van der Waals surface area contributed by atoms with Crippen LogP contribution in [0.3, 0.4) is 0 Å². The van der Waals surface area contributed by atoms with Gasteiger partial charge >= 0.3 is 70.7 Å². The van der Waals surface area contributed by atoms with E-state index in [4.69, 9.17) is 75.8 Å². The zero-order valence-corrected chi connectivity index (χ0v) is 74.0. The molecule has 0 saturated heterocycles. The van der Waals surface area contributed by atoms with Crippen molar-refractivity contribution in [2.45, 2.75) is 28.9 Å². The summed E-state index contributed by atoms with van der Waals surface area (Å²) in [7, 11) is 0. The molecule has 29 nitrogen and oxygen atoms in total. The normalized spacial score (nSPS) is 14.2. The molecule has 0 unspecified atom stereocenters. The Morgan fingerprint density at radius 2 is 0.336 bits per heavy atom. The van der Waals surface area contributed by atoms with Crippen LogP contribution in [0.2, 0.25) is 0 Å². The number of phenols is 5. The van der Waals surface area contributed by atoms with Gasteiger partial charge in [0.2, 0.25) is 34.5 Å². The van der Waals surface area contributed by atoms with E-state index in [1.807, 2.05) is 0 Å². The van der Waals surface area contributed by atoms with Crippen molar-refractivity contribution in [1.82, 2.24) is 0 Å². The Morgan fingerprint density at radius 3 is 0.517 bits per heavy atom. The van der Waals surface area contributed by atoms with Gasteiger partial charge in [0.25, 0.3) is 0 Å². The Kier molecular flexibility index (Phi) is 21.8. The second-order valence-corrected chi connectivity index (χ2v) is 33.1. The number of ether oxygens (including phenoxy) is 16. The number of carbonyl (C=O) groups excluding carboxylic acids is 6. The number of phenolic OH excluding ortho intramolecular Hbond substituents is 5. The molecule has 29 heteroatoms. The zero-order chi connectivity index (χ0) is 98.0. The zero-order valence-electron chi connectivity index (χ0n) is 74.0. The molecule has 0 fully saturated rings. The average Bonchev–Trinajstić information content (AvgIpc) is 1.60. The lowest BCUT2D eigenvalue weighted by Crippen LogP contribution is -2.36. The highest BCUT2D eigenvalue weighted by atomic mass is 16.8. The highest BCUT2D eigenvalue weighted by Crippen LogP contribution is 2.61. The first kappa shape index (κ1) is 88.3. The van der Waals surface area contributed by atoms with Crippen molar-refractivity contribution in [3.05, 3.63) is 483 Å². The summed E-state index contributed by atoms with van der Waals surface area (Å²) in [6.07, 6.45) is 0. The van der Waals surface area contributed by atoms with Crippen LogP contribution in [0.4, 0.5) is 0 Å². The van der Waals surface area contributed by atoms with Gasteiger partial charge in [-0.3, -0.25) is 0 Å². The number of benzene rings is 17. The van der Waals surface area contributed by atoms with E-state index in [1.165, 1.54) is 30.3 Å². The summed E-state index contributed by atoms with van der Waals surface area (Å²) in [5.74, 6) is -28.5. The van der Waals surface area contributed by atoms with Crippen molar-refractivity contribution < 1.29 is 140 Å². The second-order valence-electron chi connectivity index (χ2n) is 33.1. The topological polar surface area (TPSA) is 389 Å². The van der Waals surface area contributed by atoms with Crippen molar-refractivity contribution in [2.75, 3.05) is 0 Å². The monoisotopic (exact) mass is 1900 g/mol. The minimum absolute atomic E-state index is 0.172. The molecule has 0 radical (unpaired) electrons. The summed E-state index contributed by atoms with van der Waals surface area (Å²) < 4.78 is 107. The molecule has 0 aromatic heterocycles. The number of hydrogen-bond acceptors (Lipinski definition) is 28. The summed E-state index contributed by atoms with van der Waals surface area (Å²) in [5.41, 5.74) is 1.13. The first-order valence-electron chi connectivity index (χ1n) is 44.2. The highest BCUT2D eigenvalue weighted by Gasteiger charge is 2.54. The molecule has 17 aromatic carbocycles. The maximum atomic E-state index is 16.2. The van der Waals surface area contributed by atoms with E-state index in [0.29, 0.717) is 55.6 Å². The molecule has 143 heavy (non-hydrogen) atoms. The molecule has 5 aliphatic heterocycles. The number of carboxylic acid groups (broad SMARTS) is 1. The predicted molar refractivity (Wildman–Crippen MR) is 505 cm³/mol. The third kappa shape index (κ3) is 15.8. The number of esters is 6.